The van der Waals surface area contributed by atoms with Gasteiger partial charge >= 0.3 is 5.97 Å². The van der Waals surface area contributed by atoms with Crippen LogP contribution in [0.3, 0.4) is 0 Å². The van der Waals surface area contributed by atoms with E-state index in [2.05, 4.69) is 24.1 Å². The number of hydrogen-bond donors (Lipinski definition) is 1. The molecule has 0 saturated carbocycles. The third kappa shape index (κ3) is 4.48. The molecule has 27 heavy (non-hydrogen) atoms. The molecule has 0 fully saturated rings. The molecule has 0 aliphatic carbocycles. The van der Waals surface area contributed by atoms with Gasteiger partial charge in [0.1, 0.15) is 10.8 Å². The van der Waals surface area contributed by atoms with E-state index < -0.39 is 0 Å². The minimum absolute atomic E-state index is 0.299. The topological polar surface area (TPSA) is 71.8 Å². The number of nitrogens with zero attached hydrogens (tertiary/aromatic N) is 1. The Morgan fingerprint density at radius 2 is 2.26 bits per heavy atom. The van der Waals surface area contributed by atoms with Crippen molar-refractivity contribution in [3.05, 3.63) is 46.2 Å². The predicted octanol–water partition coefficient (Wildman–Crippen LogP) is 3.94. The van der Waals surface area contributed by atoms with Gasteiger partial charge in [-0.2, -0.15) is 0 Å². The molecule has 1 aliphatic rings. The minimum Gasteiger partial charge on any atom is -0.465 e. The Balaban J connectivity index is 1.85. The summed E-state index contributed by atoms with van der Waals surface area (Å²) < 4.78 is 10.4. The van der Waals surface area contributed by atoms with Crippen molar-refractivity contribution < 1.29 is 18.7 Å². The van der Waals surface area contributed by atoms with E-state index in [0.717, 1.165) is 30.0 Å². The number of carbonyl (C=O) groups excluding carboxylic acids is 2. The molecule has 0 spiro atoms. The molecule has 1 N–H and O–H groups in total. The average Bonchev–Trinajstić information content (AvgIpc) is 3.26. The number of hydrogen-bond acceptors (Lipinski definition) is 6. The SMILES string of the molecule is CCOC(=O)c1c(NC(=O)/C=C/c2ccco2)sc2c1CCN(C(C)C)C2. The van der Waals surface area contributed by atoms with Crippen LogP contribution in [-0.2, 0) is 22.5 Å². The van der Waals surface area contributed by atoms with Crippen LogP contribution in [-0.4, -0.2) is 36.0 Å². The van der Waals surface area contributed by atoms with Crippen molar-refractivity contribution in [2.45, 2.75) is 39.8 Å². The summed E-state index contributed by atoms with van der Waals surface area (Å²) in [6.45, 7) is 8.07. The standard InChI is InChI=1S/C20H24N2O4S/c1-4-25-20(24)18-15-9-10-22(13(2)3)12-16(15)27-19(18)21-17(23)8-7-14-6-5-11-26-14/h5-8,11,13H,4,9-10,12H2,1-3H3,(H,21,23)/b8-7+. The number of amides is 1. The summed E-state index contributed by atoms with van der Waals surface area (Å²) >= 11 is 1.46. The van der Waals surface area contributed by atoms with E-state index in [9.17, 15) is 9.59 Å². The maximum Gasteiger partial charge on any atom is 0.341 e. The van der Waals surface area contributed by atoms with E-state index in [-0.39, 0.29) is 11.9 Å². The molecule has 0 radical (unpaired) electrons. The third-order valence-electron chi connectivity index (χ3n) is 4.48. The van der Waals surface area contributed by atoms with Gasteiger partial charge in [-0.15, -0.1) is 11.3 Å². The highest BCUT2D eigenvalue weighted by molar-refractivity contribution is 7.17. The van der Waals surface area contributed by atoms with Crippen molar-refractivity contribution in [1.29, 1.82) is 0 Å². The Morgan fingerprint density at radius 1 is 1.44 bits per heavy atom. The predicted molar refractivity (Wildman–Crippen MR) is 106 cm³/mol. The van der Waals surface area contributed by atoms with Crippen molar-refractivity contribution in [1.82, 2.24) is 4.90 Å². The first kappa shape index (κ1) is 19.4. The molecule has 0 bridgehead atoms. The molecule has 2 aromatic rings. The summed E-state index contributed by atoms with van der Waals surface area (Å²) in [5, 5.41) is 3.40. The van der Waals surface area contributed by atoms with E-state index in [1.807, 2.05) is 0 Å². The third-order valence-corrected chi connectivity index (χ3v) is 5.61. The molecule has 6 nitrogen and oxygen atoms in total. The Bertz CT molecular complexity index is 837. The van der Waals surface area contributed by atoms with Gasteiger partial charge in [-0.1, -0.05) is 0 Å². The highest BCUT2D eigenvalue weighted by atomic mass is 32.1. The molecule has 1 aliphatic heterocycles. The summed E-state index contributed by atoms with van der Waals surface area (Å²) in [6.07, 6.45) is 5.31. The number of rotatable bonds is 6. The lowest BCUT2D eigenvalue weighted by Crippen LogP contribution is -2.35. The second-order valence-corrected chi connectivity index (χ2v) is 7.69. The summed E-state index contributed by atoms with van der Waals surface area (Å²) in [6, 6.07) is 3.95. The van der Waals surface area contributed by atoms with Crippen molar-refractivity contribution in [3.8, 4) is 0 Å². The summed E-state index contributed by atoms with van der Waals surface area (Å²) in [4.78, 5) is 28.3. The van der Waals surface area contributed by atoms with Crippen LogP contribution in [0.25, 0.3) is 6.08 Å². The van der Waals surface area contributed by atoms with E-state index in [1.54, 1.807) is 31.4 Å². The van der Waals surface area contributed by atoms with Crippen molar-refractivity contribution in [3.63, 3.8) is 0 Å². The molecule has 3 heterocycles. The van der Waals surface area contributed by atoms with Gasteiger partial charge in [-0.3, -0.25) is 9.69 Å². The molecule has 3 rings (SSSR count). The first-order valence-corrected chi connectivity index (χ1v) is 9.89. The monoisotopic (exact) mass is 388 g/mol. The van der Waals surface area contributed by atoms with E-state index in [0.29, 0.717) is 29.0 Å². The van der Waals surface area contributed by atoms with Crippen molar-refractivity contribution in [2.24, 2.45) is 0 Å². The fraction of sp³-hybridized carbons (Fsp3) is 0.400. The lowest BCUT2D eigenvalue weighted by atomic mass is 10.0. The first-order chi connectivity index (χ1) is 13.0. The normalized spacial score (nSPS) is 14.5. The van der Waals surface area contributed by atoms with E-state index >= 15 is 0 Å². The van der Waals surface area contributed by atoms with Crippen molar-refractivity contribution >= 4 is 34.3 Å². The molecule has 0 aromatic carbocycles. The van der Waals surface area contributed by atoms with Crippen LogP contribution in [0.2, 0.25) is 0 Å². The first-order valence-electron chi connectivity index (χ1n) is 9.07. The number of furan rings is 1. The van der Waals surface area contributed by atoms with Crippen LogP contribution in [0.1, 0.15) is 47.3 Å². The fourth-order valence-electron chi connectivity index (χ4n) is 3.07. The second kappa shape index (κ2) is 8.54. The number of nitrogens with one attached hydrogen (secondary N) is 1. The number of carbonyl (C=O) groups is 2. The highest BCUT2D eigenvalue weighted by Crippen LogP contribution is 2.38. The number of esters is 1. The van der Waals surface area contributed by atoms with Gasteiger partial charge in [0.05, 0.1) is 18.4 Å². The van der Waals surface area contributed by atoms with Gasteiger partial charge in [0.25, 0.3) is 0 Å². The Kier molecular flexibility index (Phi) is 6.13. The Morgan fingerprint density at radius 3 is 2.93 bits per heavy atom. The number of ether oxygens (including phenoxy) is 1. The van der Waals surface area contributed by atoms with Gasteiger partial charge in [-0.05, 0) is 51.0 Å². The lowest BCUT2D eigenvalue weighted by Gasteiger charge is -2.30. The molecule has 1 amide bonds. The number of anilines is 1. The van der Waals surface area contributed by atoms with Gasteiger partial charge in [0.15, 0.2) is 0 Å². The minimum atomic E-state index is -0.377. The number of thiophene rings is 1. The highest BCUT2D eigenvalue weighted by Gasteiger charge is 2.29. The zero-order valence-electron chi connectivity index (χ0n) is 15.8. The van der Waals surface area contributed by atoms with Crippen LogP contribution < -0.4 is 5.32 Å². The molecule has 0 saturated heterocycles. The smallest absolute Gasteiger partial charge is 0.341 e. The van der Waals surface area contributed by atoms with Crippen LogP contribution in [0.4, 0.5) is 5.00 Å². The summed E-state index contributed by atoms with van der Waals surface area (Å²) in [5.74, 6) is -0.0941. The van der Waals surface area contributed by atoms with Gasteiger partial charge in [0.2, 0.25) is 5.91 Å². The number of fused-ring (bicyclic) bond motifs is 1. The van der Waals surface area contributed by atoms with Crippen LogP contribution in [0, 0.1) is 0 Å². The van der Waals surface area contributed by atoms with E-state index in [4.69, 9.17) is 9.15 Å². The molecule has 7 heteroatoms. The van der Waals surface area contributed by atoms with Crippen molar-refractivity contribution in [2.75, 3.05) is 18.5 Å². The lowest BCUT2D eigenvalue weighted by molar-refractivity contribution is -0.111. The van der Waals surface area contributed by atoms with Crippen LogP contribution in [0.5, 0.6) is 0 Å². The largest absolute Gasteiger partial charge is 0.465 e. The van der Waals surface area contributed by atoms with Crippen LogP contribution >= 0.6 is 11.3 Å². The summed E-state index contributed by atoms with van der Waals surface area (Å²) in [5.41, 5.74) is 1.50. The quantitative estimate of drug-likeness (QED) is 0.600. The van der Waals surface area contributed by atoms with Gasteiger partial charge in [0, 0.05) is 30.1 Å². The van der Waals surface area contributed by atoms with Gasteiger partial charge in [-0.25, -0.2) is 4.79 Å². The second-order valence-electron chi connectivity index (χ2n) is 6.58. The zero-order chi connectivity index (χ0) is 19.4. The molecule has 0 atom stereocenters. The van der Waals surface area contributed by atoms with Gasteiger partial charge < -0.3 is 14.5 Å². The molecule has 144 valence electrons. The van der Waals surface area contributed by atoms with E-state index in [1.165, 1.54) is 17.4 Å². The zero-order valence-corrected chi connectivity index (χ0v) is 16.6. The molecule has 0 unspecified atom stereocenters. The fourth-order valence-corrected chi connectivity index (χ4v) is 4.33. The maximum absolute atomic E-state index is 12.5. The maximum atomic E-state index is 12.5. The van der Waals surface area contributed by atoms with Crippen LogP contribution in [0.15, 0.2) is 28.9 Å². The molecular formula is C20H24N2O4S. The molecular weight excluding hydrogens is 364 g/mol. The Hall–Kier alpha value is -2.38. The average molecular weight is 388 g/mol. The summed E-state index contributed by atoms with van der Waals surface area (Å²) in [7, 11) is 0. The molecule has 2 aromatic heterocycles. The Labute approximate surface area is 162 Å².